The molecule has 0 aliphatic carbocycles. The number of hydrogen-bond acceptors (Lipinski definition) is 4. The maximum atomic E-state index is 12.5. The second kappa shape index (κ2) is 10.0. The minimum absolute atomic E-state index is 0.286. The van der Waals surface area contributed by atoms with E-state index in [4.69, 9.17) is 4.74 Å². The standard InChI is InChI=1S/C27H26N4O3/c1-4-34-27(33)22-8-7-9-25(17-22)31-19(2)16-23(20(31)3)18-28-29-26(32)21-10-12-24(13-11-21)30-14-5-6-15-30/h5-18H,4H2,1-3H3,(H,29,32)/b28-18+. The van der Waals surface area contributed by atoms with Crippen LogP contribution in [0.5, 0.6) is 0 Å². The molecule has 2 aromatic carbocycles. The summed E-state index contributed by atoms with van der Waals surface area (Å²) in [4.78, 5) is 24.6. The Labute approximate surface area is 198 Å². The molecule has 0 bridgehead atoms. The number of nitrogens with zero attached hydrogens (tertiary/aromatic N) is 3. The van der Waals surface area contributed by atoms with Gasteiger partial charge in [-0.25, -0.2) is 10.2 Å². The number of hydrogen-bond donors (Lipinski definition) is 1. The van der Waals surface area contributed by atoms with Crippen molar-refractivity contribution in [2.24, 2.45) is 5.10 Å². The third kappa shape index (κ3) is 4.83. The molecule has 0 radical (unpaired) electrons. The second-order valence-corrected chi connectivity index (χ2v) is 7.77. The average Bonchev–Trinajstić information content (AvgIpc) is 3.48. The highest BCUT2D eigenvalue weighted by Crippen LogP contribution is 2.21. The number of nitrogens with one attached hydrogen (secondary N) is 1. The Bertz CT molecular complexity index is 1330. The van der Waals surface area contributed by atoms with E-state index in [0.717, 1.165) is 28.3 Å². The SMILES string of the molecule is CCOC(=O)c1cccc(-n2c(C)cc(/C=N/NC(=O)c3ccc(-n4cccc4)cc3)c2C)c1. The number of aryl methyl sites for hydroxylation is 1. The number of amides is 1. The lowest BCUT2D eigenvalue weighted by Gasteiger charge is -2.11. The van der Waals surface area contributed by atoms with E-state index < -0.39 is 0 Å². The summed E-state index contributed by atoms with van der Waals surface area (Å²) in [6.07, 6.45) is 5.52. The van der Waals surface area contributed by atoms with Gasteiger partial charge in [0.25, 0.3) is 5.91 Å². The Morgan fingerprint density at radius 2 is 1.68 bits per heavy atom. The van der Waals surface area contributed by atoms with Crippen LogP contribution in [0.4, 0.5) is 0 Å². The van der Waals surface area contributed by atoms with Gasteiger partial charge in [-0.3, -0.25) is 4.79 Å². The summed E-state index contributed by atoms with van der Waals surface area (Å²) in [5.41, 5.74) is 8.22. The van der Waals surface area contributed by atoms with Crippen molar-refractivity contribution in [1.82, 2.24) is 14.6 Å². The summed E-state index contributed by atoms with van der Waals surface area (Å²) in [5.74, 6) is -0.635. The van der Waals surface area contributed by atoms with Crippen LogP contribution in [-0.2, 0) is 4.74 Å². The van der Waals surface area contributed by atoms with E-state index in [1.807, 2.05) is 77.8 Å². The van der Waals surface area contributed by atoms with Gasteiger partial charge in [-0.2, -0.15) is 5.10 Å². The number of carbonyl (C=O) groups is 2. The topological polar surface area (TPSA) is 77.6 Å². The maximum Gasteiger partial charge on any atom is 0.338 e. The fraction of sp³-hybridized carbons (Fsp3) is 0.148. The molecule has 34 heavy (non-hydrogen) atoms. The number of benzene rings is 2. The lowest BCUT2D eigenvalue weighted by molar-refractivity contribution is 0.0526. The van der Waals surface area contributed by atoms with Crippen molar-refractivity contribution in [3.05, 3.63) is 107 Å². The highest BCUT2D eigenvalue weighted by molar-refractivity contribution is 5.95. The molecule has 0 unspecified atom stereocenters. The highest BCUT2D eigenvalue weighted by atomic mass is 16.5. The van der Waals surface area contributed by atoms with Crippen LogP contribution in [0, 0.1) is 13.8 Å². The van der Waals surface area contributed by atoms with E-state index in [1.54, 1.807) is 37.4 Å². The molecular formula is C27H26N4O3. The van der Waals surface area contributed by atoms with Crippen molar-refractivity contribution in [3.8, 4) is 11.4 Å². The van der Waals surface area contributed by atoms with Gasteiger partial charge in [-0.15, -0.1) is 0 Å². The van der Waals surface area contributed by atoms with Crippen LogP contribution in [0.15, 0.2) is 84.2 Å². The van der Waals surface area contributed by atoms with Crippen molar-refractivity contribution in [1.29, 1.82) is 0 Å². The molecule has 0 atom stereocenters. The summed E-state index contributed by atoms with van der Waals surface area (Å²) in [6.45, 7) is 6.05. The maximum absolute atomic E-state index is 12.5. The second-order valence-electron chi connectivity index (χ2n) is 7.77. The van der Waals surface area contributed by atoms with Gasteiger partial charge in [-0.1, -0.05) is 6.07 Å². The lowest BCUT2D eigenvalue weighted by atomic mass is 10.2. The normalized spacial score (nSPS) is 11.0. The number of carbonyl (C=O) groups excluding carboxylic acids is 2. The molecule has 1 N–H and O–H groups in total. The molecule has 4 aromatic rings. The smallest absolute Gasteiger partial charge is 0.338 e. The fourth-order valence-electron chi connectivity index (χ4n) is 3.82. The summed E-state index contributed by atoms with van der Waals surface area (Å²) in [5, 5.41) is 4.15. The molecule has 0 saturated heterocycles. The third-order valence-corrected chi connectivity index (χ3v) is 5.49. The van der Waals surface area contributed by atoms with Gasteiger partial charge in [0.15, 0.2) is 0 Å². The largest absolute Gasteiger partial charge is 0.462 e. The Balaban J connectivity index is 1.47. The molecule has 2 heterocycles. The van der Waals surface area contributed by atoms with Gasteiger partial charge in [0.1, 0.15) is 0 Å². The van der Waals surface area contributed by atoms with Crippen LogP contribution in [0.2, 0.25) is 0 Å². The molecule has 0 aliphatic heterocycles. The number of esters is 1. The number of rotatable bonds is 7. The first-order chi connectivity index (χ1) is 16.5. The number of ether oxygens (including phenoxy) is 1. The van der Waals surface area contributed by atoms with Crippen molar-refractivity contribution in [2.75, 3.05) is 6.61 Å². The molecule has 7 nitrogen and oxygen atoms in total. The highest BCUT2D eigenvalue weighted by Gasteiger charge is 2.13. The summed E-state index contributed by atoms with van der Waals surface area (Å²) in [6, 6.07) is 20.5. The molecule has 0 aliphatic rings. The van der Waals surface area contributed by atoms with Gasteiger partial charge in [0.05, 0.1) is 18.4 Å². The van der Waals surface area contributed by atoms with Crippen LogP contribution < -0.4 is 5.43 Å². The fourth-order valence-corrected chi connectivity index (χ4v) is 3.82. The van der Waals surface area contributed by atoms with E-state index >= 15 is 0 Å². The Kier molecular flexibility index (Phi) is 6.73. The van der Waals surface area contributed by atoms with E-state index in [1.165, 1.54) is 0 Å². The quantitative estimate of drug-likeness (QED) is 0.247. The predicted molar refractivity (Wildman–Crippen MR) is 132 cm³/mol. The van der Waals surface area contributed by atoms with Gasteiger partial charge in [-0.05, 0) is 81.4 Å². The van der Waals surface area contributed by atoms with Gasteiger partial charge >= 0.3 is 5.97 Å². The van der Waals surface area contributed by atoms with E-state index in [2.05, 4.69) is 10.5 Å². The minimum Gasteiger partial charge on any atom is -0.462 e. The first-order valence-corrected chi connectivity index (χ1v) is 11.0. The molecule has 0 fully saturated rings. The summed E-state index contributed by atoms with van der Waals surface area (Å²) < 4.78 is 9.11. The van der Waals surface area contributed by atoms with E-state index in [9.17, 15) is 9.59 Å². The zero-order chi connectivity index (χ0) is 24.1. The van der Waals surface area contributed by atoms with Crippen LogP contribution in [0.3, 0.4) is 0 Å². The molecule has 0 spiro atoms. The number of aromatic nitrogens is 2. The molecule has 1 amide bonds. The van der Waals surface area contributed by atoms with Crippen molar-refractivity contribution < 1.29 is 14.3 Å². The van der Waals surface area contributed by atoms with E-state index in [-0.39, 0.29) is 11.9 Å². The molecule has 7 heteroatoms. The molecule has 2 aromatic heterocycles. The van der Waals surface area contributed by atoms with Gasteiger partial charge < -0.3 is 13.9 Å². The third-order valence-electron chi connectivity index (χ3n) is 5.49. The van der Waals surface area contributed by atoms with Crippen LogP contribution >= 0.6 is 0 Å². The minimum atomic E-state index is -0.349. The summed E-state index contributed by atoms with van der Waals surface area (Å²) in [7, 11) is 0. The van der Waals surface area contributed by atoms with Gasteiger partial charge in [0.2, 0.25) is 0 Å². The molecule has 0 saturated carbocycles. The first-order valence-electron chi connectivity index (χ1n) is 11.0. The molecule has 4 rings (SSSR count). The van der Waals surface area contributed by atoms with Crippen LogP contribution in [0.25, 0.3) is 11.4 Å². The van der Waals surface area contributed by atoms with E-state index in [0.29, 0.717) is 17.7 Å². The zero-order valence-corrected chi connectivity index (χ0v) is 19.4. The van der Waals surface area contributed by atoms with Crippen LogP contribution in [0.1, 0.15) is 44.6 Å². The van der Waals surface area contributed by atoms with Gasteiger partial charge in [0, 0.05) is 46.3 Å². The lowest BCUT2D eigenvalue weighted by Crippen LogP contribution is -2.17. The Hall–Kier alpha value is -4.39. The Morgan fingerprint density at radius 3 is 2.38 bits per heavy atom. The first kappa shape index (κ1) is 22.8. The molecular weight excluding hydrogens is 428 g/mol. The van der Waals surface area contributed by atoms with Crippen molar-refractivity contribution in [3.63, 3.8) is 0 Å². The monoisotopic (exact) mass is 454 g/mol. The van der Waals surface area contributed by atoms with Crippen LogP contribution in [-0.4, -0.2) is 33.8 Å². The summed E-state index contributed by atoms with van der Waals surface area (Å²) >= 11 is 0. The van der Waals surface area contributed by atoms with Crippen molar-refractivity contribution in [2.45, 2.75) is 20.8 Å². The Morgan fingerprint density at radius 1 is 0.941 bits per heavy atom. The predicted octanol–water partition coefficient (Wildman–Crippen LogP) is 4.83. The molecule has 172 valence electrons. The zero-order valence-electron chi connectivity index (χ0n) is 19.4. The number of hydrazone groups is 1. The average molecular weight is 455 g/mol. The van der Waals surface area contributed by atoms with Crippen molar-refractivity contribution >= 4 is 18.1 Å².